The van der Waals surface area contributed by atoms with Gasteiger partial charge < -0.3 is 10.1 Å². The van der Waals surface area contributed by atoms with Gasteiger partial charge in [-0.1, -0.05) is 11.3 Å². The van der Waals surface area contributed by atoms with E-state index < -0.39 is 0 Å². The third-order valence-electron chi connectivity index (χ3n) is 3.24. The molecule has 0 radical (unpaired) electrons. The predicted octanol–water partition coefficient (Wildman–Crippen LogP) is 4.13. The number of halogens is 1. The van der Waals surface area contributed by atoms with E-state index in [-0.39, 0.29) is 18.1 Å². The van der Waals surface area contributed by atoms with Gasteiger partial charge in [-0.15, -0.1) is 0 Å². The van der Waals surface area contributed by atoms with Crippen LogP contribution in [0.5, 0.6) is 5.75 Å². The summed E-state index contributed by atoms with van der Waals surface area (Å²) in [4.78, 5) is 16.5. The van der Waals surface area contributed by atoms with E-state index in [4.69, 9.17) is 4.74 Å². The number of aromatic nitrogens is 1. The molecule has 0 aliphatic carbocycles. The minimum absolute atomic E-state index is 0.112. The van der Waals surface area contributed by atoms with E-state index in [0.717, 1.165) is 16.0 Å². The molecule has 1 heterocycles. The Labute approximate surface area is 136 Å². The maximum Gasteiger partial charge on any atom is 0.184 e. The van der Waals surface area contributed by atoms with Gasteiger partial charge in [-0.05, 0) is 49.4 Å². The van der Waals surface area contributed by atoms with E-state index in [1.54, 1.807) is 0 Å². The second kappa shape index (κ2) is 6.75. The van der Waals surface area contributed by atoms with Crippen molar-refractivity contribution in [1.29, 1.82) is 0 Å². The van der Waals surface area contributed by atoms with Crippen LogP contribution in [0.2, 0.25) is 0 Å². The molecular weight excluding hydrogens is 315 g/mol. The van der Waals surface area contributed by atoms with Crippen molar-refractivity contribution in [2.45, 2.75) is 6.92 Å². The number of rotatable bonds is 6. The van der Waals surface area contributed by atoms with Crippen molar-refractivity contribution >= 4 is 32.5 Å². The highest BCUT2D eigenvalue weighted by atomic mass is 32.1. The average Bonchev–Trinajstić information content (AvgIpc) is 2.96. The molecule has 1 N–H and O–H groups in total. The Morgan fingerprint density at radius 1 is 1.26 bits per heavy atom. The standard InChI is InChI=1S/C17H15FN2O2S/c1-2-22-13-7-8-14-16(9-13)23-17(20-14)19-10-15(21)11-3-5-12(18)6-4-11/h3-9H,2,10H2,1H3,(H,19,20). The molecule has 0 aliphatic rings. The fourth-order valence-corrected chi connectivity index (χ4v) is 3.02. The predicted molar refractivity (Wildman–Crippen MR) is 90.0 cm³/mol. The molecule has 6 heteroatoms. The van der Waals surface area contributed by atoms with Crippen molar-refractivity contribution in [2.75, 3.05) is 18.5 Å². The second-order valence-corrected chi connectivity index (χ2v) is 5.90. The summed E-state index contributed by atoms with van der Waals surface area (Å²) in [6.45, 7) is 2.66. The number of benzene rings is 2. The zero-order valence-corrected chi connectivity index (χ0v) is 13.3. The van der Waals surface area contributed by atoms with Gasteiger partial charge in [0.2, 0.25) is 0 Å². The molecule has 0 saturated carbocycles. The highest BCUT2D eigenvalue weighted by Crippen LogP contribution is 2.29. The van der Waals surface area contributed by atoms with Gasteiger partial charge in [-0.2, -0.15) is 0 Å². The lowest BCUT2D eigenvalue weighted by Crippen LogP contribution is -2.13. The quantitative estimate of drug-likeness (QED) is 0.691. The lowest BCUT2D eigenvalue weighted by Gasteiger charge is -2.02. The van der Waals surface area contributed by atoms with E-state index in [1.807, 2.05) is 25.1 Å². The summed E-state index contributed by atoms with van der Waals surface area (Å²) in [6, 6.07) is 11.2. The summed E-state index contributed by atoms with van der Waals surface area (Å²) < 4.78 is 19.3. The Bertz CT molecular complexity index is 830. The number of Topliss-reactive ketones (excluding diaryl/α,β-unsaturated/α-hetero) is 1. The number of nitrogens with one attached hydrogen (secondary N) is 1. The molecule has 2 aromatic carbocycles. The van der Waals surface area contributed by atoms with E-state index >= 15 is 0 Å². The summed E-state index contributed by atoms with van der Waals surface area (Å²) in [6.07, 6.45) is 0. The Kier molecular flexibility index (Phi) is 4.52. The number of anilines is 1. The van der Waals surface area contributed by atoms with Gasteiger partial charge in [0.05, 0.1) is 23.4 Å². The van der Waals surface area contributed by atoms with Crippen LogP contribution in [0.25, 0.3) is 10.2 Å². The maximum atomic E-state index is 12.9. The third-order valence-corrected chi connectivity index (χ3v) is 4.21. The van der Waals surface area contributed by atoms with Crippen molar-refractivity contribution < 1.29 is 13.9 Å². The molecule has 23 heavy (non-hydrogen) atoms. The molecule has 1 aromatic heterocycles. The largest absolute Gasteiger partial charge is 0.494 e. The molecule has 0 aliphatic heterocycles. The molecule has 0 atom stereocenters. The molecule has 0 spiro atoms. The Morgan fingerprint density at radius 3 is 2.78 bits per heavy atom. The first-order chi connectivity index (χ1) is 11.2. The first-order valence-corrected chi connectivity index (χ1v) is 8.03. The lowest BCUT2D eigenvalue weighted by molar-refractivity contribution is 0.101. The molecule has 0 fully saturated rings. The average molecular weight is 330 g/mol. The van der Waals surface area contributed by atoms with Crippen LogP contribution in [-0.4, -0.2) is 23.9 Å². The number of fused-ring (bicyclic) bond motifs is 1. The van der Waals surface area contributed by atoms with Crippen molar-refractivity contribution in [3.05, 3.63) is 53.8 Å². The SMILES string of the molecule is CCOc1ccc2nc(NCC(=O)c3ccc(F)cc3)sc2c1. The van der Waals surface area contributed by atoms with E-state index in [0.29, 0.717) is 17.3 Å². The van der Waals surface area contributed by atoms with Crippen molar-refractivity contribution in [3.63, 3.8) is 0 Å². The molecule has 0 amide bonds. The molecule has 0 unspecified atom stereocenters. The van der Waals surface area contributed by atoms with Gasteiger partial charge in [0, 0.05) is 5.56 Å². The number of nitrogens with zero attached hydrogens (tertiary/aromatic N) is 1. The molecule has 0 saturated heterocycles. The maximum absolute atomic E-state index is 12.9. The van der Waals surface area contributed by atoms with E-state index in [1.165, 1.54) is 35.6 Å². The number of carbonyl (C=O) groups excluding carboxylic acids is 1. The highest BCUT2D eigenvalue weighted by molar-refractivity contribution is 7.22. The number of ether oxygens (including phenoxy) is 1. The van der Waals surface area contributed by atoms with Gasteiger partial charge in [-0.25, -0.2) is 9.37 Å². The number of ketones is 1. The number of hydrogen-bond acceptors (Lipinski definition) is 5. The number of hydrogen-bond donors (Lipinski definition) is 1. The van der Waals surface area contributed by atoms with Gasteiger partial charge in [0.15, 0.2) is 10.9 Å². The lowest BCUT2D eigenvalue weighted by atomic mass is 10.1. The number of carbonyl (C=O) groups is 1. The molecular formula is C17H15FN2O2S. The minimum Gasteiger partial charge on any atom is -0.494 e. The van der Waals surface area contributed by atoms with Crippen molar-refractivity contribution in [3.8, 4) is 5.75 Å². The highest BCUT2D eigenvalue weighted by Gasteiger charge is 2.09. The molecule has 0 bridgehead atoms. The Morgan fingerprint density at radius 2 is 2.04 bits per heavy atom. The summed E-state index contributed by atoms with van der Waals surface area (Å²) in [5, 5.41) is 3.69. The summed E-state index contributed by atoms with van der Waals surface area (Å²) >= 11 is 1.46. The smallest absolute Gasteiger partial charge is 0.184 e. The minimum atomic E-state index is -0.356. The Balaban J connectivity index is 1.69. The summed E-state index contributed by atoms with van der Waals surface area (Å²) in [5.41, 5.74) is 1.33. The van der Waals surface area contributed by atoms with Gasteiger partial charge in [0.25, 0.3) is 0 Å². The van der Waals surface area contributed by atoms with Gasteiger partial charge >= 0.3 is 0 Å². The molecule has 4 nitrogen and oxygen atoms in total. The fourth-order valence-electron chi connectivity index (χ4n) is 2.13. The van der Waals surface area contributed by atoms with E-state index in [9.17, 15) is 9.18 Å². The van der Waals surface area contributed by atoms with Gasteiger partial charge in [-0.3, -0.25) is 4.79 Å². The summed E-state index contributed by atoms with van der Waals surface area (Å²) in [5.74, 6) is 0.336. The van der Waals surface area contributed by atoms with Crippen LogP contribution in [0.1, 0.15) is 17.3 Å². The van der Waals surface area contributed by atoms with Crippen LogP contribution < -0.4 is 10.1 Å². The first-order valence-electron chi connectivity index (χ1n) is 7.21. The van der Waals surface area contributed by atoms with Crippen molar-refractivity contribution in [2.24, 2.45) is 0 Å². The van der Waals surface area contributed by atoms with Crippen LogP contribution >= 0.6 is 11.3 Å². The van der Waals surface area contributed by atoms with Gasteiger partial charge in [0.1, 0.15) is 11.6 Å². The third kappa shape index (κ3) is 3.65. The molecule has 3 aromatic rings. The number of thiazole rings is 1. The van der Waals surface area contributed by atoms with Crippen LogP contribution in [0, 0.1) is 5.82 Å². The van der Waals surface area contributed by atoms with Crippen LogP contribution in [0.3, 0.4) is 0 Å². The van der Waals surface area contributed by atoms with Crippen LogP contribution in [0.4, 0.5) is 9.52 Å². The van der Waals surface area contributed by atoms with Crippen molar-refractivity contribution in [1.82, 2.24) is 4.98 Å². The van der Waals surface area contributed by atoms with E-state index in [2.05, 4.69) is 10.3 Å². The second-order valence-electron chi connectivity index (χ2n) is 4.87. The molecule has 3 rings (SSSR count). The van der Waals surface area contributed by atoms with Crippen LogP contribution in [-0.2, 0) is 0 Å². The normalized spacial score (nSPS) is 10.7. The fraction of sp³-hybridized carbons (Fsp3) is 0.176. The van der Waals surface area contributed by atoms with Crippen LogP contribution in [0.15, 0.2) is 42.5 Å². The monoisotopic (exact) mass is 330 g/mol. The zero-order valence-electron chi connectivity index (χ0n) is 12.5. The first kappa shape index (κ1) is 15.4. The topological polar surface area (TPSA) is 51.2 Å². The zero-order chi connectivity index (χ0) is 16.2. The molecule has 118 valence electrons. The summed E-state index contributed by atoms with van der Waals surface area (Å²) in [7, 11) is 0. The Hall–Kier alpha value is -2.47.